The molecule has 0 aromatic carbocycles. The van der Waals surface area contributed by atoms with E-state index in [1.54, 1.807) is 13.8 Å². The second-order valence-corrected chi connectivity index (χ2v) is 5.55. The van der Waals surface area contributed by atoms with Crippen LogP contribution in [0.25, 0.3) is 0 Å². The summed E-state index contributed by atoms with van der Waals surface area (Å²) in [6.07, 6.45) is 1.38. The molecule has 0 bridgehead atoms. The number of hydrogen-bond donors (Lipinski definition) is 0. The van der Waals surface area contributed by atoms with E-state index in [0.717, 1.165) is 5.57 Å². The fourth-order valence-corrected chi connectivity index (χ4v) is 1.18. The molecular weight excluding hydrogens is 195 g/mol. The summed E-state index contributed by atoms with van der Waals surface area (Å²) in [7, 11) is 1.29. The maximum absolute atomic E-state index is 10.5. The first-order chi connectivity index (χ1) is 4.34. The van der Waals surface area contributed by atoms with E-state index in [4.69, 9.17) is 22.3 Å². The van der Waals surface area contributed by atoms with Crippen LogP contribution in [0.3, 0.4) is 0 Å². The van der Waals surface area contributed by atoms with Gasteiger partial charge in [0.15, 0.2) is 4.71 Å². The second-order valence-electron chi connectivity index (χ2n) is 2.07. The van der Waals surface area contributed by atoms with Crippen molar-refractivity contribution in [2.24, 2.45) is 0 Å². The van der Waals surface area contributed by atoms with Crippen molar-refractivity contribution in [2.45, 2.75) is 18.6 Å². The number of alkyl halides is 1. The molecule has 0 spiro atoms. The van der Waals surface area contributed by atoms with Gasteiger partial charge in [-0.3, -0.25) is 0 Å². The molecule has 0 rings (SSSR count). The molecule has 0 heterocycles. The van der Waals surface area contributed by atoms with Gasteiger partial charge in [0.1, 0.15) is 0 Å². The zero-order chi connectivity index (χ0) is 8.36. The van der Waals surface area contributed by atoms with Gasteiger partial charge in [-0.2, -0.15) is 0 Å². The molecule has 0 aliphatic carbocycles. The van der Waals surface area contributed by atoms with E-state index in [9.17, 15) is 8.42 Å². The van der Waals surface area contributed by atoms with E-state index >= 15 is 0 Å². The van der Waals surface area contributed by atoms with Crippen molar-refractivity contribution >= 4 is 31.3 Å². The molecule has 0 N–H and O–H groups in total. The molecule has 0 fully saturated rings. The van der Waals surface area contributed by atoms with Crippen LogP contribution in [0, 0.1) is 0 Å². The monoisotopic (exact) mass is 202 g/mol. The topological polar surface area (TPSA) is 34.1 Å². The molecule has 0 saturated heterocycles. The summed E-state index contributed by atoms with van der Waals surface area (Å²) in [5.41, 5.74) is 0.823. The first-order valence-corrected chi connectivity index (χ1v) is 5.37. The van der Waals surface area contributed by atoms with Crippen LogP contribution in [0.1, 0.15) is 13.8 Å². The van der Waals surface area contributed by atoms with Crippen LogP contribution in [-0.2, 0) is 9.05 Å². The molecule has 0 amide bonds. The second kappa shape index (κ2) is 3.60. The largest absolute Gasteiger partial charge is 0.253 e. The van der Waals surface area contributed by atoms with Gasteiger partial charge >= 0.3 is 0 Å². The Bertz CT molecular complexity index is 226. The first-order valence-electron chi connectivity index (χ1n) is 2.56. The highest BCUT2D eigenvalue weighted by molar-refractivity contribution is 8.15. The van der Waals surface area contributed by atoms with Gasteiger partial charge in [0, 0.05) is 10.7 Å². The average Bonchev–Trinajstić information content (AvgIpc) is 1.60. The van der Waals surface area contributed by atoms with Crippen LogP contribution in [0.4, 0.5) is 0 Å². The fraction of sp³-hybridized carbons (Fsp3) is 0.600. The third-order valence-electron chi connectivity index (χ3n) is 0.733. The minimum Gasteiger partial charge on any atom is -0.210 e. The molecule has 0 aromatic rings. The van der Waals surface area contributed by atoms with Crippen LogP contribution >= 0.6 is 22.3 Å². The predicted octanol–water partition coefficient (Wildman–Crippen LogP) is 2.09. The number of halogens is 2. The molecule has 0 aliphatic heterocycles. The van der Waals surface area contributed by atoms with Gasteiger partial charge < -0.3 is 0 Å². The summed E-state index contributed by atoms with van der Waals surface area (Å²) in [6, 6.07) is 0. The summed E-state index contributed by atoms with van der Waals surface area (Å²) in [6.45, 7) is 3.49. The average molecular weight is 203 g/mol. The number of rotatable bonds is 2. The molecule has 0 radical (unpaired) electrons. The molecule has 5 heteroatoms. The van der Waals surface area contributed by atoms with E-state index in [2.05, 4.69) is 0 Å². The summed E-state index contributed by atoms with van der Waals surface area (Å²) in [4.78, 5) is 0. The third kappa shape index (κ3) is 4.14. The van der Waals surface area contributed by atoms with Crippen molar-refractivity contribution in [1.82, 2.24) is 0 Å². The van der Waals surface area contributed by atoms with Gasteiger partial charge in [0.05, 0.1) is 0 Å². The van der Waals surface area contributed by atoms with E-state index in [0.29, 0.717) is 0 Å². The van der Waals surface area contributed by atoms with Crippen molar-refractivity contribution in [1.29, 1.82) is 0 Å². The normalized spacial score (nSPS) is 14.4. The van der Waals surface area contributed by atoms with Crippen LogP contribution in [0.5, 0.6) is 0 Å². The molecular formula is C5H8Cl2O2S. The van der Waals surface area contributed by atoms with Crippen molar-refractivity contribution in [3.63, 3.8) is 0 Å². The van der Waals surface area contributed by atoms with Gasteiger partial charge in [0.2, 0.25) is 0 Å². The molecule has 2 nitrogen and oxygen atoms in total. The van der Waals surface area contributed by atoms with Crippen LogP contribution in [0.15, 0.2) is 11.6 Å². The zero-order valence-electron chi connectivity index (χ0n) is 5.64. The Labute approximate surface area is 70.2 Å². The molecule has 1 unspecified atom stereocenters. The summed E-state index contributed by atoms with van der Waals surface area (Å²) >= 11 is 5.36. The number of allylic oxidation sites excluding steroid dienone is 1. The minimum absolute atomic E-state index is 0.823. The molecule has 60 valence electrons. The molecule has 0 aromatic heterocycles. The third-order valence-corrected chi connectivity index (χ3v) is 3.09. The SMILES string of the molecule is CC(C)=CC(Cl)S(=O)(=O)Cl. The van der Waals surface area contributed by atoms with Crippen molar-refractivity contribution in [3.8, 4) is 0 Å². The van der Waals surface area contributed by atoms with Crippen LogP contribution in [0.2, 0.25) is 0 Å². The van der Waals surface area contributed by atoms with Gasteiger partial charge in [-0.1, -0.05) is 23.3 Å². The Balaban J connectivity index is 4.42. The van der Waals surface area contributed by atoms with Crippen molar-refractivity contribution in [3.05, 3.63) is 11.6 Å². The van der Waals surface area contributed by atoms with Crippen molar-refractivity contribution in [2.75, 3.05) is 0 Å². The van der Waals surface area contributed by atoms with Gasteiger partial charge in [-0.25, -0.2) is 8.42 Å². The lowest BCUT2D eigenvalue weighted by Gasteiger charge is -1.97. The highest BCUT2D eigenvalue weighted by Gasteiger charge is 2.16. The predicted molar refractivity (Wildman–Crippen MR) is 43.8 cm³/mol. The Kier molecular flexibility index (Phi) is 3.70. The summed E-state index contributed by atoms with van der Waals surface area (Å²) in [5.74, 6) is 0. The van der Waals surface area contributed by atoms with Crippen molar-refractivity contribution < 1.29 is 8.42 Å². The Morgan fingerprint density at radius 2 is 1.90 bits per heavy atom. The van der Waals surface area contributed by atoms with E-state index in [1.807, 2.05) is 0 Å². The van der Waals surface area contributed by atoms with Gasteiger partial charge in [-0.15, -0.1) is 0 Å². The smallest absolute Gasteiger partial charge is 0.210 e. The maximum Gasteiger partial charge on any atom is 0.253 e. The van der Waals surface area contributed by atoms with E-state index in [-0.39, 0.29) is 0 Å². The lowest BCUT2D eigenvalue weighted by atomic mass is 10.3. The quantitative estimate of drug-likeness (QED) is 0.391. The highest BCUT2D eigenvalue weighted by Crippen LogP contribution is 2.14. The summed E-state index contributed by atoms with van der Waals surface area (Å²) < 4.78 is 19.8. The van der Waals surface area contributed by atoms with E-state index < -0.39 is 13.8 Å². The lowest BCUT2D eigenvalue weighted by Crippen LogP contribution is -2.04. The fourth-order valence-electron chi connectivity index (χ4n) is 0.343. The highest BCUT2D eigenvalue weighted by atomic mass is 35.7. The number of hydrogen-bond acceptors (Lipinski definition) is 2. The standard InChI is InChI=1S/C5H8Cl2O2S/c1-4(2)3-5(6)10(7,8)9/h3,5H,1-2H3. The lowest BCUT2D eigenvalue weighted by molar-refractivity contribution is 0.610. The maximum atomic E-state index is 10.5. The van der Waals surface area contributed by atoms with Crippen LogP contribution < -0.4 is 0 Å². The Hall–Kier alpha value is 0.270. The van der Waals surface area contributed by atoms with Crippen LogP contribution in [-0.4, -0.2) is 13.1 Å². The first kappa shape index (κ1) is 10.3. The molecule has 1 atom stereocenters. The molecule has 10 heavy (non-hydrogen) atoms. The minimum atomic E-state index is -3.64. The van der Waals surface area contributed by atoms with Gasteiger partial charge in [0.25, 0.3) is 9.05 Å². The zero-order valence-corrected chi connectivity index (χ0v) is 7.96. The van der Waals surface area contributed by atoms with E-state index in [1.165, 1.54) is 6.08 Å². The Morgan fingerprint density at radius 1 is 1.50 bits per heavy atom. The molecule has 0 aliphatic rings. The van der Waals surface area contributed by atoms with Gasteiger partial charge in [-0.05, 0) is 13.8 Å². The summed E-state index contributed by atoms with van der Waals surface area (Å²) in [5, 5.41) is 0. The molecule has 0 saturated carbocycles. The Morgan fingerprint density at radius 3 is 2.00 bits per heavy atom.